The summed E-state index contributed by atoms with van der Waals surface area (Å²) in [5.74, 6) is 1.21. The molecule has 0 fully saturated rings. The van der Waals surface area contributed by atoms with Crippen LogP contribution >= 0.6 is 0 Å². The number of hydrogen-bond acceptors (Lipinski definition) is 2. The molecule has 0 aromatic carbocycles. The minimum Gasteiger partial charge on any atom is -0.370 e. The molecule has 3 N–H and O–H groups in total. The molecule has 0 aliphatic heterocycles. The molecule has 0 aliphatic carbocycles. The summed E-state index contributed by atoms with van der Waals surface area (Å²) in [6.07, 6.45) is 2.00. The second kappa shape index (κ2) is 7.16. The predicted molar refractivity (Wildman–Crippen MR) is 80.3 cm³/mol. The van der Waals surface area contributed by atoms with Crippen LogP contribution in [0.4, 0.5) is 0 Å². The van der Waals surface area contributed by atoms with E-state index >= 15 is 0 Å². The molecule has 0 unspecified atom stereocenters. The van der Waals surface area contributed by atoms with Crippen LogP contribution in [-0.4, -0.2) is 28.8 Å². The molecule has 0 radical (unpaired) electrons. The van der Waals surface area contributed by atoms with Crippen molar-refractivity contribution in [1.82, 2.24) is 15.1 Å². The molecule has 19 heavy (non-hydrogen) atoms. The lowest BCUT2D eigenvalue weighted by Crippen LogP contribution is -2.33. The highest BCUT2D eigenvalue weighted by Crippen LogP contribution is 2.11. The van der Waals surface area contributed by atoms with Crippen LogP contribution in [0.5, 0.6) is 0 Å². The molecule has 0 atom stereocenters. The number of aliphatic imine (C=N–C) groups is 1. The van der Waals surface area contributed by atoms with E-state index in [0.29, 0.717) is 11.9 Å². The van der Waals surface area contributed by atoms with Gasteiger partial charge in [0.1, 0.15) is 0 Å². The zero-order valence-electron chi connectivity index (χ0n) is 12.8. The number of aromatic nitrogens is 2. The Balaban J connectivity index is 2.37. The fourth-order valence-electron chi connectivity index (χ4n) is 1.99. The first-order valence-corrected chi connectivity index (χ1v) is 6.94. The molecule has 108 valence electrons. The molecule has 0 saturated heterocycles. The molecule has 0 saturated carbocycles. The third-order valence-electron chi connectivity index (χ3n) is 3.33. The predicted octanol–water partition coefficient (Wildman–Crippen LogP) is 1.53. The summed E-state index contributed by atoms with van der Waals surface area (Å²) in [5, 5.41) is 7.56. The molecule has 0 bridgehead atoms. The second-order valence-electron chi connectivity index (χ2n) is 5.40. The average molecular weight is 265 g/mol. The zero-order valence-corrected chi connectivity index (χ0v) is 12.8. The Morgan fingerprint density at radius 1 is 1.42 bits per heavy atom. The van der Waals surface area contributed by atoms with Crippen LogP contribution in [0, 0.1) is 19.8 Å². The molecule has 1 rings (SSSR count). The van der Waals surface area contributed by atoms with E-state index in [1.165, 1.54) is 11.3 Å². The van der Waals surface area contributed by atoms with Gasteiger partial charge in [0.2, 0.25) is 0 Å². The standard InChI is InChI=1S/C14H27N5/c1-10(2)6-8-16-14(15)17-9-7-13-11(3)18-19(5)12(13)4/h10H,6-9H2,1-5H3,(H3,15,16,17). The quantitative estimate of drug-likeness (QED) is 0.605. The topological polar surface area (TPSA) is 68.2 Å². The van der Waals surface area contributed by atoms with Gasteiger partial charge < -0.3 is 11.1 Å². The van der Waals surface area contributed by atoms with Gasteiger partial charge in [-0.25, -0.2) is 0 Å². The summed E-state index contributed by atoms with van der Waals surface area (Å²) in [6.45, 7) is 10.1. The monoisotopic (exact) mass is 265 g/mol. The minimum absolute atomic E-state index is 0.542. The third kappa shape index (κ3) is 4.93. The van der Waals surface area contributed by atoms with E-state index in [4.69, 9.17) is 5.73 Å². The van der Waals surface area contributed by atoms with Gasteiger partial charge in [-0.15, -0.1) is 0 Å². The van der Waals surface area contributed by atoms with E-state index in [-0.39, 0.29) is 0 Å². The summed E-state index contributed by atoms with van der Waals surface area (Å²) in [5.41, 5.74) is 9.43. The molecular weight excluding hydrogens is 238 g/mol. The minimum atomic E-state index is 0.542. The average Bonchev–Trinajstić information content (AvgIpc) is 2.55. The summed E-state index contributed by atoms with van der Waals surface area (Å²) in [7, 11) is 1.97. The highest BCUT2D eigenvalue weighted by atomic mass is 15.3. The number of aryl methyl sites for hydroxylation is 2. The van der Waals surface area contributed by atoms with E-state index in [1.54, 1.807) is 0 Å². The number of guanidine groups is 1. The van der Waals surface area contributed by atoms with E-state index in [9.17, 15) is 0 Å². The number of nitrogens with one attached hydrogen (secondary N) is 1. The van der Waals surface area contributed by atoms with Crippen molar-refractivity contribution in [2.24, 2.45) is 23.7 Å². The van der Waals surface area contributed by atoms with Crippen molar-refractivity contribution < 1.29 is 0 Å². The maximum Gasteiger partial charge on any atom is 0.188 e. The Labute approximate surface area is 116 Å². The highest BCUT2D eigenvalue weighted by molar-refractivity contribution is 5.77. The van der Waals surface area contributed by atoms with Crippen LogP contribution in [0.2, 0.25) is 0 Å². The smallest absolute Gasteiger partial charge is 0.188 e. The van der Waals surface area contributed by atoms with Crippen LogP contribution in [0.3, 0.4) is 0 Å². The van der Waals surface area contributed by atoms with Crippen LogP contribution in [0.15, 0.2) is 4.99 Å². The lowest BCUT2D eigenvalue weighted by molar-refractivity contribution is 0.595. The van der Waals surface area contributed by atoms with Gasteiger partial charge in [0.25, 0.3) is 0 Å². The highest BCUT2D eigenvalue weighted by Gasteiger charge is 2.08. The van der Waals surface area contributed by atoms with Crippen molar-refractivity contribution in [3.8, 4) is 0 Å². The second-order valence-corrected chi connectivity index (χ2v) is 5.40. The molecule has 0 amide bonds. The van der Waals surface area contributed by atoms with Crippen molar-refractivity contribution in [2.75, 3.05) is 13.1 Å². The lowest BCUT2D eigenvalue weighted by atomic mass is 10.1. The van der Waals surface area contributed by atoms with E-state index in [2.05, 4.69) is 36.2 Å². The Kier molecular flexibility index (Phi) is 5.86. The number of rotatable bonds is 6. The van der Waals surface area contributed by atoms with E-state index in [1.807, 2.05) is 18.7 Å². The first-order chi connectivity index (χ1) is 8.91. The van der Waals surface area contributed by atoms with Crippen molar-refractivity contribution in [3.05, 3.63) is 17.0 Å². The molecule has 5 heteroatoms. The first-order valence-electron chi connectivity index (χ1n) is 6.94. The number of nitrogens with two attached hydrogens (primary N) is 1. The van der Waals surface area contributed by atoms with Gasteiger partial charge >= 0.3 is 0 Å². The largest absolute Gasteiger partial charge is 0.370 e. The maximum atomic E-state index is 5.82. The third-order valence-corrected chi connectivity index (χ3v) is 3.33. The Morgan fingerprint density at radius 3 is 2.63 bits per heavy atom. The molecule has 1 aromatic rings. The molecular formula is C14H27N5. The van der Waals surface area contributed by atoms with Gasteiger partial charge in [0, 0.05) is 25.8 Å². The molecule has 5 nitrogen and oxygen atoms in total. The summed E-state index contributed by atoms with van der Waals surface area (Å²) < 4.78 is 1.92. The fourth-order valence-corrected chi connectivity index (χ4v) is 1.99. The Bertz CT molecular complexity index is 431. The fraction of sp³-hybridized carbons (Fsp3) is 0.714. The van der Waals surface area contributed by atoms with Gasteiger partial charge in [-0.2, -0.15) is 5.10 Å². The van der Waals surface area contributed by atoms with Crippen LogP contribution in [0.1, 0.15) is 37.2 Å². The van der Waals surface area contributed by atoms with Crippen molar-refractivity contribution >= 4 is 5.96 Å². The molecule has 1 aromatic heterocycles. The van der Waals surface area contributed by atoms with Crippen LogP contribution in [0.25, 0.3) is 0 Å². The van der Waals surface area contributed by atoms with Crippen molar-refractivity contribution in [3.63, 3.8) is 0 Å². The van der Waals surface area contributed by atoms with Gasteiger partial charge in [0.05, 0.1) is 5.69 Å². The number of nitrogens with zero attached hydrogens (tertiary/aromatic N) is 3. The van der Waals surface area contributed by atoms with Gasteiger partial charge in [-0.1, -0.05) is 13.8 Å². The summed E-state index contributed by atoms with van der Waals surface area (Å²) in [4.78, 5) is 4.31. The first kappa shape index (κ1) is 15.5. The normalized spacial score (nSPS) is 12.2. The van der Waals surface area contributed by atoms with Crippen LogP contribution < -0.4 is 11.1 Å². The van der Waals surface area contributed by atoms with Gasteiger partial charge in [-0.3, -0.25) is 9.67 Å². The lowest BCUT2D eigenvalue weighted by Gasteiger charge is -2.07. The molecule has 1 heterocycles. The Morgan fingerprint density at radius 2 is 2.11 bits per heavy atom. The maximum absolute atomic E-state index is 5.82. The van der Waals surface area contributed by atoms with E-state index in [0.717, 1.165) is 31.6 Å². The van der Waals surface area contributed by atoms with Gasteiger partial charge in [-0.05, 0) is 38.2 Å². The SMILES string of the molecule is Cc1nn(C)c(C)c1CCNC(N)=NCCC(C)C. The Hall–Kier alpha value is -1.52. The summed E-state index contributed by atoms with van der Waals surface area (Å²) >= 11 is 0. The van der Waals surface area contributed by atoms with E-state index < -0.39 is 0 Å². The number of hydrogen-bond donors (Lipinski definition) is 2. The molecule has 0 aliphatic rings. The summed E-state index contributed by atoms with van der Waals surface area (Å²) in [6, 6.07) is 0. The van der Waals surface area contributed by atoms with Crippen LogP contribution in [-0.2, 0) is 13.5 Å². The zero-order chi connectivity index (χ0) is 14.4. The molecule has 0 spiro atoms. The van der Waals surface area contributed by atoms with Crippen molar-refractivity contribution in [2.45, 2.75) is 40.5 Å². The van der Waals surface area contributed by atoms with Crippen molar-refractivity contribution in [1.29, 1.82) is 0 Å². The van der Waals surface area contributed by atoms with Gasteiger partial charge in [0.15, 0.2) is 5.96 Å².